The number of carbonyl (C=O) groups is 6. The zero-order valence-electron chi connectivity index (χ0n) is 43.0. The number of benzene rings is 7. The van der Waals surface area contributed by atoms with Gasteiger partial charge in [-0.3, -0.25) is 0 Å². The Morgan fingerprint density at radius 3 is 0.519 bits per heavy atom. The summed E-state index contributed by atoms with van der Waals surface area (Å²) in [5.74, 6) is -0.0347. The molecule has 6 N–H and O–H groups in total. The summed E-state index contributed by atoms with van der Waals surface area (Å²) in [7, 11) is 0. The third-order valence-electron chi connectivity index (χ3n) is 10.7. The minimum absolute atomic E-state index is 0.344. The summed E-state index contributed by atoms with van der Waals surface area (Å²) in [5.41, 5.74) is 2.06. The predicted molar refractivity (Wildman–Crippen MR) is 311 cm³/mol. The molecule has 7 rings (SSSR count). The van der Waals surface area contributed by atoms with Gasteiger partial charge in [-0.15, -0.1) is 0 Å². The molecule has 0 fully saturated rings. The second-order valence-electron chi connectivity index (χ2n) is 16.2. The van der Waals surface area contributed by atoms with Crippen LogP contribution in [0.5, 0.6) is 34.5 Å². The molecule has 0 bridgehead atoms. The van der Waals surface area contributed by atoms with Crippen LogP contribution in [0, 0.1) is 0 Å². The second-order valence-corrected chi connectivity index (χ2v) is 32.5. The fourth-order valence-electron chi connectivity index (χ4n) is 6.90. The molecule has 0 aliphatic rings. The maximum atomic E-state index is 12.8. The Bertz CT molecular complexity index is 2880. The van der Waals surface area contributed by atoms with Gasteiger partial charge in [0.15, 0.2) is 0 Å². The predicted octanol–water partition coefficient (Wildman–Crippen LogP) is 6.49. The third-order valence-corrected chi connectivity index (χ3v) is 27.5. The molecule has 0 aliphatic heterocycles. The quantitative estimate of drug-likeness (QED) is 0.0304. The molecule has 0 saturated carbocycles. The first-order chi connectivity index (χ1) is 39.3. The van der Waals surface area contributed by atoms with Gasteiger partial charge in [-0.05, 0) is 0 Å². The average Bonchev–Trinajstić information content (AvgIpc) is 3.57. The van der Waals surface area contributed by atoms with Crippen LogP contribution in [0.3, 0.4) is 0 Å². The Morgan fingerprint density at radius 1 is 0.259 bits per heavy atom. The van der Waals surface area contributed by atoms with Crippen LogP contribution in [0.25, 0.3) is 0 Å². The molecule has 7 aromatic carbocycles. The molecule has 0 saturated heterocycles. The number of nitrogens with one attached hydrogen (secondary N) is 6. The molecule has 0 aliphatic carbocycles. The van der Waals surface area contributed by atoms with Crippen molar-refractivity contribution in [2.45, 2.75) is 0 Å². The summed E-state index contributed by atoms with van der Waals surface area (Å²) < 4.78 is 43.3. The van der Waals surface area contributed by atoms with E-state index in [9.17, 15) is 28.8 Å². The zero-order chi connectivity index (χ0) is 57.7. The molecule has 21 heteroatoms. The third kappa shape index (κ3) is 17.1. The van der Waals surface area contributed by atoms with E-state index in [0.717, 1.165) is 0 Å². The van der Waals surface area contributed by atoms with Gasteiger partial charge in [0.25, 0.3) is 0 Å². The van der Waals surface area contributed by atoms with Crippen LogP contribution in [0.2, 0.25) is 0 Å². The maximum absolute atomic E-state index is 12.8. The molecule has 0 spiro atoms. The standard InChI is InChI=1S/6C9H9NO2.C6H3.3Bi/c6*1-2-10-9(12)7-3-5-8(11)6-4-7;1-2-4-6-5-3-1;;;/h6*2-6,11H,1H2,(H,10,12);1,4-5H;;;/q;;;;;;;3*+2/p-6. The van der Waals surface area contributed by atoms with E-state index in [1.165, 1.54) is 37.2 Å². The van der Waals surface area contributed by atoms with Crippen LogP contribution in [-0.4, -0.2) is 103 Å². The van der Waals surface area contributed by atoms with E-state index in [2.05, 4.69) is 71.4 Å². The van der Waals surface area contributed by atoms with Crippen molar-refractivity contribution < 1.29 is 45.6 Å². The Balaban J connectivity index is 1.44. The first kappa shape index (κ1) is 59.9. The van der Waals surface area contributed by atoms with Crippen molar-refractivity contribution in [3.05, 3.63) is 274 Å². The Labute approximate surface area is 494 Å². The van der Waals surface area contributed by atoms with E-state index >= 15 is 0 Å². The first-order valence-electron chi connectivity index (χ1n) is 24.1. The fraction of sp³-hybridized carbons (Fsp3) is 0. The summed E-state index contributed by atoms with van der Waals surface area (Å²) in [6, 6.07) is 44.7. The molecule has 0 unspecified atom stereocenters. The minimum atomic E-state index is -4.28. The van der Waals surface area contributed by atoms with Gasteiger partial charge in [-0.25, -0.2) is 0 Å². The molecule has 0 radical (unpaired) electrons. The van der Waals surface area contributed by atoms with Gasteiger partial charge in [-0.1, -0.05) is 0 Å². The van der Waals surface area contributed by atoms with Crippen molar-refractivity contribution in [2.75, 3.05) is 0 Å². The molecule has 0 aromatic heterocycles. The van der Waals surface area contributed by atoms with Gasteiger partial charge in [0, 0.05) is 0 Å². The van der Waals surface area contributed by atoms with Crippen LogP contribution < -0.4 is 58.6 Å². The van der Waals surface area contributed by atoms with Crippen LogP contribution in [0.1, 0.15) is 62.1 Å². The van der Waals surface area contributed by atoms with Crippen LogP contribution in [-0.2, 0) is 0 Å². The SMILES string of the molecule is C=CNC(=O)c1ccc([O][Bi]([O]c2ccc(C(=O)NC=C)cc2)[c]2c[c]([Bi]([O]c3ccc(C(=O)NC=C)cc3)[O]c3ccc(C(=O)NC=C)cc3)c[c]([Bi]([O]c3ccc(C(=O)NC=C)cc3)[O]c3ccc(C(=O)NC=C)cc3)c2)cc1. The molecule has 0 atom stereocenters. The molecule has 7 aromatic rings. The molecule has 408 valence electrons. The summed E-state index contributed by atoms with van der Waals surface area (Å²) in [4.78, 5) is 76.7. The summed E-state index contributed by atoms with van der Waals surface area (Å²) in [6.45, 7) is 21.5. The first-order valence-corrected chi connectivity index (χ1v) is 37.8. The number of rotatable bonds is 27. The van der Waals surface area contributed by atoms with Crippen molar-refractivity contribution >= 4 is 113 Å². The number of amides is 6. The Morgan fingerprint density at radius 2 is 0.395 bits per heavy atom. The number of carbonyl (C=O) groups excluding carboxylic acids is 6. The van der Waals surface area contributed by atoms with Gasteiger partial charge in [0.1, 0.15) is 0 Å². The Kier molecular flexibility index (Phi) is 22.2. The van der Waals surface area contributed by atoms with Gasteiger partial charge in [0.2, 0.25) is 0 Å². The van der Waals surface area contributed by atoms with Crippen molar-refractivity contribution in [1.82, 2.24) is 31.9 Å². The topological polar surface area (TPSA) is 230 Å². The Hall–Kier alpha value is -8.75. The normalized spacial score (nSPS) is 10.4. The molecular formula is C60H51Bi3N6O12. The van der Waals surface area contributed by atoms with Gasteiger partial charge in [-0.2, -0.15) is 0 Å². The van der Waals surface area contributed by atoms with Gasteiger partial charge < -0.3 is 0 Å². The zero-order valence-corrected chi connectivity index (χ0v) is 53.5. The van der Waals surface area contributed by atoms with Crippen LogP contribution in [0.15, 0.2) is 240 Å². The van der Waals surface area contributed by atoms with Gasteiger partial charge in [0.05, 0.1) is 0 Å². The van der Waals surface area contributed by atoms with E-state index in [1.54, 1.807) is 146 Å². The molecule has 81 heavy (non-hydrogen) atoms. The molecular weight excluding hydrogens is 1620 g/mol. The monoisotopic (exact) mass is 1670 g/mol. The van der Waals surface area contributed by atoms with E-state index in [0.29, 0.717) is 77.7 Å². The van der Waals surface area contributed by atoms with E-state index in [4.69, 9.17) is 16.9 Å². The van der Waals surface area contributed by atoms with Crippen molar-refractivity contribution in [3.63, 3.8) is 0 Å². The van der Waals surface area contributed by atoms with E-state index in [1.807, 2.05) is 18.2 Å². The average molecular weight is 1680 g/mol. The van der Waals surface area contributed by atoms with E-state index < -0.39 is 67.9 Å². The fourth-order valence-corrected chi connectivity index (χ4v) is 27.9. The number of hydrogen-bond donors (Lipinski definition) is 6. The molecule has 0 heterocycles. The van der Waals surface area contributed by atoms with Crippen LogP contribution in [0.4, 0.5) is 0 Å². The summed E-state index contributed by atoms with van der Waals surface area (Å²) in [6.07, 6.45) is 7.70. The van der Waals surface area contributed by atoms with Crippen molar-refractivity contribution in [1.29, 1.82) is 0 Å². The summed E-state index contributed by atoms with van der Waals surface area (Å²) in [5, 5.41) is 15.4. The second kappa shape index (κ2) is 30.0. The summed E-state index contributed by atoms with van der Waals surface area (Å²) >= 11 is -12.8. The van der Waals surface area contributed by atoms with Gasteiger partial charge >= 0.3 is 499 Å². The molecule has 18 nitrogen and oxygen atoms in total. The van der Waals surface area contributed by atoms with E-state index in [-0.39, 0.29) is 35.4 Å². The number of hydrogen-bond acceptors (Lipinski definition) is 12. The van der Waals surface area contributed by atoms with Crippen molar-refractivity contribution in [3.8, 4) is 34.5 Å². The molecule has 6 amide bonds. The van der Waals surface area contributed by atoms with Crippen LogP contribution >= 0.6 is 0 Å². The van der Waals surface area contributed by atoms with Crippen molar-refractivity contribution in [2.24, 2.45) is 0 Å².